The number of hydrogen-bond acceptors (Lipinski definition) is 2. The van der Waals surface area contributed by atoms with Gasteiger partial charge in [0.05, 0.1) is 0 Å². The van der Waals surface area contributed by atoms with Gasteiger partial charge in [-0.1, -0.05) is 36.8 Å². The van der Waals surface area contributed by atoms with Crippen molar-refractivity contribution in [1.82, 2.24) is 10.2 Å². The first-order chi connectivity index (χ1) is 12.0. The first-order valence-corrected chi connectivity index (χ1v) is 9.28. The van der Waals surface area contributed by atoms with E-state index < -0.39 is 5.97 Å². The second-order valence-electron chi connectivity index (χ2n) is 7.31. The van der Waals surface area contributed by atoms with Gasteiger partial charge in [0.1, 0.15) is 0 Å². The lowest BCUT2D eigenvalue weighted by atomic mass is 9.85. The van der Waals surface area contributed by atoms with Gasteiger partial charge in [0, 0.05) is 25.0 Å². The largest absolute Gasteiger partial charge is 0.481 e. The topological polar surface area (TPSA) is 69.6 Å². The number of carbonyl (C=O) groups excluding carboxylic acids is 1. The second-order valence-corrected chi connectivity index (χ2v) is 7.31. The van der Waals surface area contributed by atoms with Gasteiger partial charge in [0.15, 0.2) is 0 Å². The van der Waals surface area contributed by atoms with E-state index in [1.54, 1.807) is 0 Å². The quantitative estimate of drug-likeness (QED) is 0.716. The first-order valence-electron chi connectivity index (χ1n) is 9.28. The van der Waals surface area contributed by atoms with Crippen molar-refractivity contribution in [3.05, 3.63) is 35.9 Å². The van der Waals surface area contributed by atoms with Crippen LogP contribution in [0.4, 0.5) is 4.79 Å². The smallest absolute Gasteiger partial charge is 0.317 e. The molecule has 1 aliphatic carbocycles. The van der Waals surface area contributed by atoms with Crippen molar-refractivity contribution in [3.8, 4) is 0 Å². The highest BCUT2D eigenvalue weighted by Crippen LogP contribution is 2.27. The molecule has 5 heteroatoms. The lowest BCUT2D eigenvalue weighted by molar-refractivity contribution is -0.137. The summed E-state index contributed by atoms with van der Waals surface area (Å²) in [5, 5.41) is 12.1. The van der Waals surface area contributed by atoms with Gasteiger partial charge in [-0.25, -0.2) is 4.79 Å². The molecule has 25 heavy (non-hydrogen) atoms. The van der Waals surface area contributed by atoms with Crippen LogP contribution in [0.2, 0.25) is 0 Å². The maximum absolute atomic E-state index is 12.8. The monoisotopic (exact) mass is 346 g/mol. The summed E-state index contributed by atoms with van der Waals surface area (Å²) in [5.41, 5.74) is 1.10. The number of carbonyl (C=O) groups is 2. The number of benzene rings is 1. The molecule has 138 valence electrons. The Morgan fingerprint density at radius 1 is 1.24 bits per heavy atom. The number of amides is 2. The molecule has 0 radical (unpaired) electrons. The number of urea groups is 1. The summed E-state index contributed by atoms with van der Waals surface area (Å²) < 4.78 is 0. The Balaban J connectivity index is 1.99. The van der Waals surface area contributed by atoms with E-state index in [9.17, 15) is 9.59 Å². The van der Waals surface area contributed by atoms with E-state index in [2.05, 4.69) is 5.32 Å². The van der Waals surface area contributed by atoms with Gasteiger partial charge in [-0.3, -0.25) is 4.79 Å². The summed E-state index contributed by atoms with van der Waals surface area (Å²) in [6.07, 6.45) is 4.79. The number of nitrogens with zero attached hydrogens (tertiary/aromatic N) is 1. The second kappa shape index (κ2) is 9.44. The Morgan fingerprint density at radius 3 is 2.44 bits per heavy atom. The third-order valence-electron chi connectivity index (χ3n) is 4.92. The van der Waals surface area contributed by atoms with Crippen molar-refractivity contribution < 1.29 is 14.7 Å². The average molecular weight is 346 g/mol. The summed E-state index contributed by atoms with van der Waals surface area (Å²) >= 11 is 0. The Kier molecular flexibility index (Phi) is 7.29. The molecule has 1 unspecified atom stereocenters. The van der Waals surface area contributed by atoms with Crippen LogP contribution in [0.25, 0.3) is 0 Å². The van der Waals surface area contributed by atoms with Gasteiger partial charge >= 0.3 is 12.0 Å². The molecular weight excluding hydrogens is 316 g/mol. The van der Waals surface area contributed by atoms with Crippen LogP contribution < -0.4 is 5.32 Å². The van der Waals surface area contributed by atoms with Gasteiger partial charge in [0.25, 0.3) is 0 Å². The van der Waals surface area contributed by atoms with Crippen LogP contribution in [-0.2, 0) is 11.2 Å². The lowest BCUT2D eigenvalue weighted by Crippen LogP contribution is -2.50. The van der Waals surface area contributed by atoms with Gasteiger partial charge in [-0.2, -0.15) is 0 Å². The van der Waals surface area contributed by atoms with Crippen LogP contribution >= 0.6 is 0 Å². The third-order valence-corrected chi connectivity index (χ3v) is 4.92. The predicted molar refractivity (Wildman–Crippen MR) is 98.5 cm³/mol. The number of aliphatic carboxylic acids is 1. The molecular formula is C20H30N2O3. The Bertz CT molecular complexity index is 555. The Morgan fingerprint density at radius 2 is 1.92 bits per heavy atom. The number of carboxylic acids is 1. The molecule has 2 rings (SSSR count). The van der Waals surface area contributed by atoms with E-state index in [1.807, 2.05) is 49.1 Å². The van der Waals surface area contributed by atoms with Crippen LogP contribution in [0.3, 0.4) is 0 Å². The number of hydrogen-bond donors (Lipinski definition) is 2. The fraction of sp³-hybridized carbons (Fsp3) is 0.600. The summed E-state index contributed by atoms with van der Waals surface area (Å²) in [6.45, 7) is 4.85. The molecule has 0 saturated heterocycles. The van der Waals surface area contributed by atoms with Crippen molar-refractivity contribution >= 4 is 12.0 Å². The van der Waals surface area contributed by atoms with Gasteiger partial charge < -0.3 is 15.3 Å². The average Bonchev–Trinajstić information content (AvgIpc) is 2.52. The molecule has 0 aromatic heterocycles. The zero-order valence-electron chi connectivity index (χ0n) is 15.3. The minimum absolute atomic E-state index is 0.0576. The van der Waals surface area contributed by atoms with Crippen LogP contribution in [0.1, 0.15) is 51.5 Å². The standard InChI is InChI=1S/C20H30N2O3/c1-15(2)22(14-17-9-6-10-17)20(25)21-18(11-12-19(23)24)13-16-7-4-3-5-8-16/h3-5,7-8,15,17-18H,6,9-14H2,1-2H3,(H,21,25)(H,23,24). The van der Waals surface area contributed by atoms with Crippen molar-refractivity contribution in [1.29, 1.82) is 0 Å². The predicted octanol–water partition coefficient (Wildman–Crippen LogP) is 3.68. The molecule has 0 aliphatic heterocycles. The summed E-state index contributed by atoms with van der Waals surface area (Å²) in [6, 6.07) is 9.78. The first kappa shape index (κ1) is 19.3. The minimum atomic E-state index is -0.831. The third kappa shape index (κ3) is 6.40. The molecule has 1 saturated carbocycles. The van der Waals surface area contributed by atoms with E-state index in [-0.39, 0.29) is 24.5 Å². The van der Waals surface area contributed by atoms with Gasteiger partial charge in [-0.05, 0) is 51.0 Å². The molecule has 0 spiro atoms. The molecule has 1 atom stereocenters. The number of carboxylic acid groups (broad SMARTS) is 1. The summed E-state index contributed by atoms with van der Waals surface area (Å²) in [5.74, 6) is -0.220. The highest BCUT2D eigenvalue weighted by Gasteiger charge is 2.26. The molecule has 0 heterocycles. The van der Waals surface area contributed by atoms with Crippen LogP contribution in [0, 0.1) is 5.92 Å². The van der Waals surface area contributed by atoms with Crippen molar-refractivity contribution in [2.75, 3.05) is 6.54 Å². The fourth-order valence-electron chi connectivity index (χ4n) is 3.16. The maximum Gasteiger partial charge on any atom is 0.317 e. The van der Waals surface area contributed by atoms with E-state index in [0.29, 0.717) is 18.8 Å². The molecule has 5 nitrogen and oxygen atoms in total. The molecule has 2 amide bonds. The Labute approximate surface area is 150 Å². The molecule has 0 bridgehead atoms. The van der Waals surface area contributed by atoms with Crippen LogP contribution in [0.5, 0.6) is 0 Å². The zero-order chi connectivity index (χ0) is 18.2. The van der Waals surface area contributed by atoms with Gasteiger partial charge in [0.2, 0.25) is 0 Å². The van der Waals surface area contributed by atoms with Crippen molar-refractivity contribution in [2.24, 2.45) is 5.92 Å². The Hall–Kier alpha value is -2.04. The molecule has 1 aliphatic rings. The van der Waals surface area contributed by atoms with E-state index in [4.69, 9.17) is 5.11 Å². The highest BCUT2D eigenvalue weighted by molar-refractivity contribution is 5.75. The van der Waals surface area contributed by atoms with Crippen molar-refractivity contribution in [3.63, 3.8) is 0 Å². The number of rotatable bonds is 9. The minimum Gasteiger partial charge on any atom is -0.481 e. The van der Waals surface area contributed by atoms with Crippen LogP contribution in [0.15, 0.2) is 30.3 Å². The fourth-order valence-corrected chi connectivity index (χ4v) is 3.16. The summed E-state index contributed by atoms with van der Waals surface area (Å²) in [7, 11) is 0. The van der Waals surface area contributed by atoms with Crippen LogP contribution in [-0.4, -0.2) is 40.6 Å². The SMILES string of the molecule is CC(C)N(CC1CCC1)C(=O)NC(CCC(=O)O)Cc1ccccc1. The normalized spacial score (nSPS) is 15.5. The van der Waals surface area contributed by atoms with E-state index in [0.717, 1.165) is 12.1 Å². The molecule has 1 aromatic rings. The van der Waals surface area contributed by atoms with Gasteiger partial charge in [-0.15, -0.1) is 0 Å². The molecule has 2 N–H and O–H groups in total. The maximum atomic E-state index is 12.8. The van der Waals surface area contributed by atoms with E-state index in [1.165, 1.54) is 19.3 Å². The van der Waals surface area contributed by atoms with E-state index >= 15 is 0 Å². The van der Waals surface area contributed by atoms with Crippen molar-refractivity contribution in [2.45, 2.75) is 64.5 Å². The zero-order valence-corrected chi connectivity index (χ0v) is 15.3. The molecule has 1 fully saturated rings. The number of nitrogens with one attached hydrogen (secondary N) is 1. The highest BCUT2D eigenvalue weighted by atomic mass is 16.4. The summed E-state index contributed by atoms with van der Waals surface area (Å²) in [4.78, 5) is 25.6. The molecule has 1 aromatic carbocycles. The lowest BCUT2D eigenvalue weighted by Gasteiger charge is -2.35.